The fourth-order valence-electron chi connectivity index (χ4n) is 5.77. The van der Waals surface area contributed by atoms with Gasteiger partial charge in [-0.15, -0.1) is 10.2 Å². The second-order valence-electron chi connectivity index (χ2n) is 12.4. The summed E-state index contributed by atoms with van der Waals surface area (Å²) in [6.45, 7) is 14.4. The number of ether oxygens (including phenoxy) is 2. The van der Waals surface area contributed by atoms with E-state index in [2.05, 4.69) is 55.8 Å². The molecule has 1 aliphatic rings. The van der Waals surface area contributed by atoms with Gasteiger partial charge in [-0.2, -0.15) is 0 Å². The van der Waals surface area contributed by atoms with Crippen LogP contribution in [0.5, 0.6) is 5.75 Å². The van der Waals surface area contributed by atoms with Crippen LogP contribution in [0.1, 0.15) is 53.1 Å². The Bertz CT molecular complexity index is 1990. The molecular formula is C39H47ClN8O4S. The van der Waals surface area contributed by atoms with Crippen LogP contribution in [0, 0.1) is 27.7 Å². The number of hydrogen-bond donors (Lipinski definition) is 3. The maximum Gasteiger partial charge on any atom is 0.216 e. The summed E-state index contributed by atoms with van der Waals surface area (Å²) in [7, 11) is 1.66. The van der Waals surface area contributed by atoms with Crippen molar-refractivity contribution >= 4 is 35.2 Å². The van der Waals surface area contributed by atoms with Gasteiger partial charge in [0, 0.05) is 66.3 Å². The van der Waals surface area contributed by atoms with E-state index in [1.807, 2.05) is 67.8 Å². The Balaban J connectivity index is 0.000000207. The van der Waals surface area contributed by atoms with Crippen molar-refractivity contribution in [3.8, 4) is 22.6 Å². The molecule has 14 heteroatoms. The smallest absolute Gasteiger partial charge is 0.216 e. The van der Waals surface area contributed by atoms with Gasteiger partial charge >= 0.3 is 0 Å². The van der Waals surface area contributed by atoms with E-state index in [0.29, 0.717) is 24.7 Å². The Hall–Kier alpha value is -4.53. The molecule has 0 spiro atoms. The summed E-state index contributed by atoms with van der Waals surface area (Å²) >= 11 is 7.67. The van der Waals surface area contributed by atoms with Crippen molar-refractivity contribution in [2.45, 2.75) is 52.5 Å². The van der Waals surface area contributed by atoms with Gasteiger partial charge in [0.05, 0.1) is 30.8 Å². The highest BCUT2D eigenvalue weighted by atomic mass is 35.5. The molecule has 0 atom stereocenters. The van der Waals surface area contributed by atoms with E-state index in [1.165, 1.54) is 17.4 Å². The number of nitrogens with zero attached hydrogens (tertiary/aromatic N) is 5. The minimum Gasteiger partial charge on any atom is -0.497 e. The van der Waals surface area contributed by atoms with Crippen LogP contribution in [0.15, 0.2) is 75.1 Å². The molecule has 3 heterocycles. The third-order valence-corrected chi connectivity index (χ3v) is 9.71. The molecule has 0 radical (unpaired) electrons. The largest absolute Gasteiger partial charge is 0.497 e. The Kier molecular flexibility index (Phi) is 14.6. The Morgan fingerprint density at radius 3 is 2.47 bits per heavy atom. The number of rotatable bonds is 15. The lowest BCUT2D eigenvalue weighted by Crippen LogP contribution is -2.31. The monoisotopic (exact) mass is 758 g/mol. The molecule has 280 valence electrons. The first-order chi connectivity index (χ1) is 25.7. The number of fused-ring (bicyclic) bond motifs is 3. The highest BCUT2D eigenvalue weighted by molar-refractivity contribution is 7.97. The highest BCUT2D eigenvalue weighted by Gasteiger charge is 2.22. The number of aryl methyl sites for hydroxylation is 4. The normalized spacial score (nSPS) is 11.9. The summed E-state index contributed by atoms with van der Waals surface area (Å²) in [5, 5.41) is 19.2. The standard InChI is InChI=1S/C21H32N4O3S.C18H15ClN4O/c1-15-6-7-19(21-16(2)25-28-17(21)3)14-20(15)29-24-8-5-12-27-13-11-22-9-10-23-18(4)26;1-11-21-22-17-10-20-18(12-3-5-13(19)6-4-12)15-9-14(24-2)7-8-16(15)23(11)17/h6-7,14,22,24H,5,8-13H2,1-4H3,(H,23,26);3-9H,10H2,1-2H3. The van der Waals surface area contributed by atoms with Crippen LogP contribution in [-0.2, 0) is 16.1 Å². The van der Waals surface area contributed by atoms with Crippen molar-refractivity contribution in [2.75, 3.05) is 46.5 Å². The van der Waals surface area contributed by atoms with E-state index in [0.717, 1.165) is 95.2 Å². The molecule has 0 aliphatic carbocycles. The number of carbonyl (C=O) groups excluding carboxylic acids is 1. The molecule has 3 aromatic carbocycles. The number of hydrogen-bond acceptors (Lipinski definition) is 11. The van der Waals surface area contributed by atoms with E-state index in [-0.39, 0.29) is 5.91 Å². The van der Waals surface area contributed by atoms with Crippen LogP contribution in [0.25, 0.3) is 16.8 Å². The minimum absolute atomic E-state index is 0.000876. The van der Waals surface area contributed by atoms with Crippen LogP contribution >= 0.6 is 23.5 Å². The summed E-state index contributed by atoms with van der Waals surface area (Å²) in [4.78, 5) is 16.7. The Labute approximate surface area is 320 Å². The second-order valence-corrected chi connectivity index (χ2v) is 13.8. The molecule has 0 unspecified atom stereocenters. The van der Waals surface area contributed by atoms with Crippen LogP contribution in [-0.4, -0.2) is 78.0 Å². The summed E-state index contributed by atoms with van der Waals surface area (Å²) in [5.41, 5.74) is 8.24. The Morgan fingerprint density at radius 1 is 0.943 bits per heavy atom. The number of benzene rings is 3. The third kappa shape index (κ3) is 10.8. The number of halogens is 1. The van der Waals surface area contributed by atoms with Gasteiger partial charge in [0.1, 0.15) is 23.9 Å². The summed E-state index contributed by atoms with van der Waals surface area (Å²) in [5.74, 6) is 3.28. The molecule has 6 rings (SSSR count). The van der Waals surface area contributed by atoms with Crippen LogP contribution < -0.4 is 20.1 Å². The highest BCUT2D eigenvalue weighted by Crippen LogP contribution is 2.32. The van der Waals surface area contributed by atoms with E-state index < -0.39 is 0 Å². The Morgan fingerprint density at radius 2 is 1.74 bits per heavy atom. The molecular weight excluding hydrogens is 712 g/mol. The van der Waals surface area contributed by atoms with E-state index >= 15 is 0 Å². The number of amides is 1. The number of carbonyl (C=O) groups is 1. The van der Waals surface area contributed by atoms with Crippen molar-refractivity contribution in [1.82, 2.24) is 35.3 Å². The lowest BCUT2D eigenvalue weighted by molar-refractivity contribution is -0.118. The molecule has 1 aliphatic heterocycles. The number of nitrogens with one attached hydrogen (secondary N) is 3. The zero-order valence-corrected chi connectivity index (χ0v) is 32.7. The summed E-state index contributed by atoms with van der Waals surface area (Å²) in [6.07, 6.45) is 0.946. The number of aromatic nitrogens is 4. The van der Waals surface area contributed by atoms with Gasteiger partial charge in [0.25, 0.3) is 0 Å². The molecule has 0 saturated heterocycles. The van der Waals surface area contributed by atoms with Crippen molar-refractivity contribution in [3.05, 3.63) is 105 Å². The molecule has 53 heavy (non-hydrogen) atoms. The molecule has 5 aromatic rings. The van der Waals surface area contributed by atoms with Gasteiger partial charge in [-0.05, 0) is 93.6 Å². The van der Waals surface area contributed by atoms with Crippen molar-refractivity contribution < 1.29 is 18.8 Å². The molecule has 1 amide bonds. The first-order valence-electron chi connectivity index (χ1n) is 17.5. The van der Waals surface area contributed by atoms with Gasteiger partial charge in [-0.1, -0.05) is 41.0 Å². The average Bonchev–Trinajstić information content (AvgIpc) is 3.63. The maximum absolute atomic E-state index is 10.7. The van der Waals surface area contributed by atoms with Crippen molar-refractivity contribution in [3.63, 3.8) is 0 Å². The summed E-state index contributed by atoms with van der Waals surface area (Å²) < 4.78 is 21.8. The van der Waals surface area contributed by atoms with Gasteiger partial charge in [-0.3, -0.25) is 19.1 Å². The molecule has 3 N–H and O–H groups in total. The fraction of sp³-hybridized carbons (Fsp3) is 0.359. The lowest BCUT2D eigenvalue weighted by Gasteiger charge is -2.14. The topological polar surface area (TPSA) is 141 Å². The van der Waals surface area contributed by atoms with E-state index in [4.69, 9.17) is 30.6 Å². The van der Waals surface area contributed by atoms with E-state index in [1.54, 1.807) is 19.1 Å². The van der Waals surface area contributed by atoms with Crippen LogP contribution in [0.2, 0.25) is 5.02 Å². The van der Waals surface area contributed by atoms with Crippen LogP contribution in [0.3, 0.4) is 0 Å². The zero-order chi connectivity index (χ0) is 37.7. The van der Waals surface area contributed by atoms with Crippen molar-refractivity contribution in [1.29, 1.82) is 0 Å². The molecule has 0 saturated carbocycles. The SMILES string of the molecule is CC(=O)NCCNCCOCCCNSc1cc(-c2c(C)noc2C)ccc1C.COc1ccc2c(c1)C(c1ccc(Cl)cc1)=NCc1nnc(C)n1-2. The predicted octanol–water partition coefficient (Wildman–Crippen LogP) is 6.58. The number of methoxy groups -OCH3 is 1. The maximum atomic E-state index is 10.7. The van der Waals surface area contributed by atoms with Crippen LogP contribution in [0.4, 0.5) is 0 Å². The minimum atomic E-state index is -0.000876. The average molecular weight is 759 g/mol. The quantitative estimate of drug-likeness (QED) is 0.0792. The molecule has 2 aromatic heterocycles. The van der Waals surface area contributed by atoms with Gasteiger partial charge in [0.2, 0.25) is 5.91 Å². The van der Waals surface area contributed by atoms with Gasteiger partial charge in [-0.25, -0.2) is 0 Å². The fourth-order valence-corrected chi connectivity index (χ4v) is 6.72. The molecule has 12 nitrogen and oxygen atoms in total. The molecule has 0 fully saturated rings. The van der Waals surface area contributed by atoms with Crippen molar-refractivity contribution in [2.24, 2.45) is 4.99 Å². The number of aliphatic imine (C=N–C) groups is 1. The zero-order valence-electron chi connectivity index (χ0n) is 31.1. The van der Waals surface area contributed by atoms with Gasteiger partial charge in [0.15, 0.2) is 5.82 Å². The van der Waals surface area contributed by atoms with E-state index in [9.17, 15) is 4.79 Å². The first kappa shape index (κ1) is 39.7. The third-order valence-electron chi connectivity index (χ3n) is 8.45. The van der Waals surface area contributed by atoms with Gasteiger partial charge < -0.3 is 24.6 Å². The second kappa shape index (κ2) is 19.5. The lowest BCUT2D eigenvalue weighted by atomic mass is 10.00. The predicted molar refractivity (Wildman–Crippen MR) is 210 cm³/mol. The summed E-state index contributed by atoms with van der Waals surface area (Å²) in [6, 6.07) is 20.1. The molecule has 0 bridgehead atoms. The first-order valence-corrected chi connectivity index (χ1v) is 18.7.